The van der Waals surface area contributed by atoms with Crippen LogP contribution in [0.4, 0.5) is 0 Å². The van der Waals surface area contributed by atoms with E-state index in [1.54, 1.807) is 0 Å². The summed E-state index contributed by atoms with van der Waals surface area (Å²) in [5.41, 5.74) is 4.08. The lowest BCUT2D eigenvalue weighted by Gasteiger charge is -2.15. The van der Waals surface area contributed by atoms with Crippen LogP contribution >= 0.6 is 0 Å². The zero-order chi connectivity index (χ0) is 13.8. The van der Waals surface area contributed by atoms with Gasteiger partial charge in [-0.25, -0.2) is 0 Å². The molecule has 2 aromatic rings. The van der Waals surface area contributed by atoms with Crippen molar-refractivity contribution in [3.8, 4) is 0 Å². The molecule has 0 fully saturated rings. The fourth-order valence-electron chi connectivity index (χ4n) is 2.22. The standard InChI is InChI=1S/C17H24N2/c1-13(2)16-5-7-17(8-6-16)14(3)18-11-15-9-10-19(4)12-15/h5-10,12-14,18H,11H2,1-4H3. The van der Waals surface area contributed by atoms with Gasteiger partial charge >= 0.3 is 0 Å². The Morgan fingerprint density at radius 2 is 1.63 bits per heavy atom. The maximum atomic E-state index is 3.56. The molecule has 0 aliphatic heterocycles. The number of hydrogen-bond acceptors (Lipinski definition) is 1. The highest BCUT2D eigenvalue weighted by Crippen LogP contribution is 2.18. The summed E-state index contributed by atoms with van der Waals surface area (Å²) in [6.07, 6.45) is 4.24. The average molecular weight is 256 g/mol. The summed E-state index contributed by atoms with van der Waals surface area (Å²) < 4.78 is 2.08. The van der Waals surface area contributed by atoms with E-state index in [1.165, 1.54) is 16.7 Å². The fraction of sp³-hybridized carbons (Fsp3) is 0.412. The second-order valence-corrected chi connectivity index (χ2v) is 5.61. The summed E-state index contributed by atoms with van der Waals surface area (Å²) in [4.78, 5) is 0. The van der Waals surface area contributed by atoms with Crippen molar-refractivity contribution in [2.75, 3.05) is 0 Å². The first-order chi connectivity index (χ1) is 9.06. The fourth-order valence-corrected chi connectivity index (χ4v) is 2.22. The Labute approximate surface area is 116 Å². The normalized spacial score (nSPS) is 12.9. The monoisotopic (exact) mass is 256 g/mol. The Morgan fingerprint density at radius 3 is 2.16 bits per heavy atom. The number of nitrogens with zero attached hydrogens (tertiary/aromatic N) is 1. The van der Waals surface area contributed by atoms with Gasteiger partial charge in [-0.15, -0.1) is 0 Å². The Balaban J connectivity index is 1.94. The van der Waals surface area contributed by atoms with Crippen molar-refractivity contribution < 1.29 is 0 Å². The molecule has 0 saturated carbocycles. The summed E-state index contributed by atoms with van der Waals surface area (Å²) in [7, 11) is 2.05. The van der Waals surface area contributed by atoms with Gasteiger partial charge in [-0.3, -0.25) is 0 Å². The van der Waals surface area contributed by atoms with E-state index in [0.717, 1.165) is 6.54 Å². The van der Waals surface area contributed by atoms with E-state index in [2.05, 4.69) is 80.4 Å². The molecule has 1 aromatic carbocycles. The van der Waals surface area contributed by atoms with Crippen molar-refractivity contribution in [2.45, 2.75) is 39.3 Å². The number of benzene rings is 1. The second-order valence-electron chi connectivity index (χ2n) is 5.61. The highest BCUT2D eigenvalue weighted by atomic mass is 14.9. The van der Waals surface area contributed by atoms with Gasteiger partial charge < -0.3 is 9.88 Å². The Hall–Kier alpha value is -1.54. The zero-order valence-corrected chi connectivity index (χ0v) is 12.4. The van der Waals surface area contributed by atoms with Crippen molar-refractivity contribution in [3.05, 3.63) is 59.4 Å². The van der Waals surface area contributed by atoms with E-state index in [1.807, 2.05) is 0 Å². The topological polar surface area (TPSA) is 17.0 Å². The van der Waals surface area contributed by atoms with Gasteiger partial charge in [0.25, 0.3) is 0 Å². The highest BCUT2D eigenvalue weighted by molar-refractivity contribution is 5.26. The molecule has 0 aliphatic rings. The van der Waals surface area contributed by atoms with Crippen molar-refractivity contribution in [1.82, 2.24) is 9.88 Å². The molecule has 1 atom stereocenters. The van der Waals surface area contributed by atoms with E-state index >= 15 is 0 Å². The van der Waals surface area contributed by atoms with Crippen LogP contribution in [-0.4, -0.2) is 4.57 Å². The predicted octanol–water partition coefficient (Wildman–Crippen LogP) is 4.00. The highest BCUT2D eigenvalue weighted by Gasteiger charge is 2.06. The Morgan fingerprint density at radius 1 is 1.00 bits per heavy atom. The molecule has 0 spiro atoms. The van der Waals surface area contributed by atoms with Crippen molar-refractivity contribution in [2.24, 2.45) is 7.05 Å². The van der Waals surface area contributed by atoms with Crippen LogP contribution in [0.2, 0.25) is 0 Å². The quantitative estimate of drug-likeness (QED) is 0.855. The summed E-state index contributed by atoms with van der Waals surface area (Å²) in [6.45, 7) is 7.58. The van der Waals surface area contributed by atoms with Crippen molar-refractivity contribution in [3.63, 3.8) is 0 Å². The summed E-state index contributed by atoms with van der Waals surface area (Å²) >= 11 is 0. The predicted molar refractivity (Wildman–Crippen MR) is 81.2 cm³/mol. The molecule has 0 saturated heterocycles. The molecule has 1 aromatic heterocycles. The van der Waals surface area contributed by atoms with Crippen LogP contribution in [0.1, 0.15) is 49.4 Å². The van der Waals surface area contributed by atoms with E-state index in [0.29, 0.717) is 12.0 Å². The molecular formula is C17H24N2. The van der Waals surface area contributed by atoms with Gasteiger partial charge in [-0.2, -0.15) is 0 Å². The van der Waals surface area contributed by atoms with Gasteiger partial charge in [0.1, 0.15) is 0 Å². The molecule has 0 radical (unpaired) electrons. The molecule has 0 bridgehead atoms. The first-order valence-electron chi connectivity index (χ1n) is 7.00. The molecule has 2 nitrogen and oxygen atoms in total. The SMILES string of the molecule is CC(C)c1ccc(C(C)NCc2ccn(C)c2)cc1. The molecule has 19 heavy (non-hydrogen) atoms. The summed E-state index contributed by atoms with van der Waals surface area (Å²) in [5.74, 6) is 0.599. The third kappa shape index (κ3) is 3.71. The van der Waals surface area contributed by atoms with Gasteiger partial charge in [0.15, 0.2) is 0 Å². The smallest absolute Gasteiger partial charge is 0.0294 e. The molecule has 1 unspecified atom stereocenters. The minimum atomic E-state index is 0.376. The molecular weight excluding hydrogens is 232 g/mol. The van der Waals surface area contributed by atoms with Gasteiger partial charge in [0.2, 0.25) is 0 Å². The lowest BCUT2D eigenvalue weighted by Crippen LogP contribution is -2.17. The second kappa shape index (κ2) is 6.07. The van der Waals surface area contributed by atoms with Gasteiger partial charge in [0, 0.05) is 32.0 Å². The lowest BCUT2D eigenvalue weighted by atomic mass is 9.99. The van der Waals surface area contributed by atoms with Gasteiger partial charge in [-0.05, 0) is 35.6 Å². The van der Waals surface area contributed by atoms with E-state index < -0.39 is 0 Å². The molecule has 0 amide bonds. The summed E-state index contributed by atoms with van der Waals surface area (Å²) in [6, 6.07) is 11.5. The number of rotatable bonds is 5. The van der Waals surface area contributed by atoms with Crippen LogP contribution < -0.4 is 5.32 Å². The van der Waals surface area contributed by atoms with Crippen LogP contribution in [0, 0.1) is 0 Å². The lowest BCUT2D eigenvalue weighted by molar-refractivity contribution is 0.574. The van der Waals surface area contributed by atoms with E-state index in [4.69, 9.17) is 0 Å². The first-order valence-corrected chi connectivity index (χ1v) is 7.00. The van der Waals surface area contributed by atoms with Crippen LogP contribution in [0.3, 0.4) is 0 Å². The maximum absolute atomic E-state index is 3.56. The van der Waals surface area contributed by atoms with Crippen LogP contribution in [0.25, 0.3) is 0 Å². The minimum absolute atomic E-state index is 0.376. The molecule has 2 heteroatoms. The van der Waals surface area contributed by atoms with Crippen molar-refractivity contribution >= 4 is 0 Å². The van der Waals surface area contributed by atoms with E-state index in [-0.39, 0.29) is 0 Å². The third-order valence-corrected chi connectivity index (χ3v) is 3.61. The van der Waals surface area contributed by atoms with Gasteiger partial charge in [-0.1, -0.05) is 38.1 Å². The summed E-state index contributed by atoms with van der Waals surface area (Å²) in [5, 5.41) is 3.56. The molecule has 2 rings (SSSR count). The third-order valence-electron chi connectivity index (χ3n) is 3.61. The van der Waals surface area contributed by atoms with Crippen molar-refractivity contribution in [1.29, 1.82) is 0 Å². The number of aryl methyl sites for hydroxylation is 1. The van der Waals surface area contributed by atoms with E-state index in [9.17, 15) is 0 Å². The Bertz CT molecular complexity index is 508. The average Bonchev–Trinajstić information content (AvgIpc) is 2.82. The van der Waals surface area contributed by atoms with Crippen LogP contribution in [0.15, 0.2) is 42.7 Å². The number of nitrogens with one attached hydrogen (secondary N) is 1. The van der Waals surface area contributed by atoms with Crippen LogP contribution in [0.5, 0.6) is 0 Å². The maximum Gasteiger partial charge on any atom is 0.0294 e. The largest absolute Gasteiger partial charge is 0.357 e. The zero-order valence-electron chi connectivity index (χ0n) is 12.4. The molecule has 1 N–H and O–H groups in total. The molecule has 1 heterocycles. The number of aromatic nitrogens is 1. The Kier molecular flexibility index (Phi) is 4.43. The molecule has 0 aliphatic carbocycles. The number of hydrogen-bond donors (Lipinski definition) is 1. The minimum Gasteiger partial charge on any atom is -0.357 e. The molecule has 102 valence electrons. The van der Waals surface area contributed by atoms with Gasteiger partial charge in [0.05, 0.1) is 0 Å². The van der Waals surface area contributed by atoms with Crippen LogP contribution in [-0.2, 0) is 13.6 Å². The first kappa shape index (κ1) is 13.9.